The maximum atomic E-state index is 10.7. The minimum absolute atomic E-state index is 0. The van der Waals surface area contributed by atoms with E-state index >= 15 is 0 Å². The van der Waals surface area contributed by atoms with E-state index in [0.29, 0.717) is 5.02 Å². The van der Waals surface area contributed by atoms with E-state index in [1.807, 2.05) is 6.07 Å². The van der Waals surface area contributed by atoms with Crippen LogP contribution in [0.3, 0.4) is 0 Å². The van der Waals surface area contributed by atoms with Gasteiger partial charge in [-0.25, -0.2) is 4.79 Å². The lowest BCUT2D eigenvalue weighted by Gasteiger charge is -2.15. The number of hydrogen-bond acceptors (Lipinski definition) is 2. The van der Waals surface area contributed by atoms with Crippen molar-refractivity contribution in [3.63, 3.8) is 0 Å². The highest BCUT2D eigenvalue weighted by Gasteiger charge is 2.14. The fraction of sp³-hybridized carbons (Fsp3) is 0.417. The molecule has 0 amide bonds. The molecule has 0 saturated carbocycles. The van der Waals surface area contributed by atoms with Crippen molar-refractivity contribution in [2.24, 2.45) is 0 Å². The van der Waals surface area contributed by atoms with Gasteiger partial charge in [-0.2, -0.15) is 0 Å². The van der Waals surface area contributed by atoms with E-state index in [0.717, 1.165) is 25.2 Å². The van der Waals surface area contributed by atoms with Gasteiger partial charge in [0.2, 0.25) is 0 Å². The number of benzene rings is 1. The Bertz CT molecular complexity index is 403. The summed E-state index contributed by atoms with van der Waals surface area (Å²) in [6.45, 7) is 3.03. The molecular weight excluding hydrogens is 261 g/mol. The first kappa shape index (κ1) is 14.3. The van der Waals surface area contributed by atoms with Gasteiger partial charge in [0.15, 0.2) is 0 Å². The molecule has 0 bridgehead atoms. The zero-order valence-corrected chi connectivity index (χ0v) is 10.9. The second-order valence-electron chi connectivity index (χ2n) is 4.09. The van der Waals surface area contributed by atoms with Crippen molar-refractivity contribution < 1.29 is 9.90 Å². The molecule has 1 heterocycles. The lowest BCUT2D eigenvalue weighted by molar-refractivity contribution is 0.0697. The zero-order chi connectivity index (χ0) is 11.5. The molecule has 0 spiro atoms. The topological polar surface area (TPSA) is 40.5 Å². The van der Waals surface area contributed by atoms with Crippen LogP contribution in [0.15, 0.2) is 18.2 Å². The largest absolute Gasteiger partial charge is 0.478 e. The second-order valence-corrected chi connectivity index (χ2v) is 4.50. The Morgan fingerprint density at radius 2 is 2.00 bits per heavy atom. The zero-order valence-electron chi connectivity index (χ0n) is 9.36. The summed E-state index contributed by atoms with van der Waals surface area (Å²) >= 11 is 6.06. The van der Waals surface area contributed by atoms with Gasteiger partial charge >= 0.3 is 5.97 Å². The number of aromatic carboxylic acids is 1. The molecule has 1 aromatic carbocycles. The molecule has 1 aliphatic rings. The van der Waals surface area contributed by atoms with Crippen LogP contribution in [0.2, 0.25) is 5.02 Å². The summed E-state index contributed by atoms with van der Waals surface area (Å²) in [6, 6.07) is 4.94. The molecule has 94 valence electrons. The molecule has 5 heteroatoms. The van der Waals surface area contributed by atoms with Crippen molar-refractivity contribution in [3.8, 4) is 0 Å². The van der Waals surface area contributed by atoms with Gasteiger partial charge < -0.3 is 5.11 Å². The van der Waals surface area contributed by atoms with Crippen LogP contribution in [0.25, 0.3) is 0 Å². The van der Waals surface area contributed by atoms with Gasteiger partial charge in [-0.15, -0.1) is 12.4 Å². The highest BCUT2D eigenvalue weighted by atomic mass is 35.5. The fourth-order valence-corrected chi connectivity index (χ4v) is 2.23. The van der Waals surface area contributed by atoms with Gasteiger partial charge in [-0.3, -0.25) is 4.90 Å². The number of rotatable bonds is 3. The second kappa shape index (κ2) is 6.24. The van der Waals surface area contributed by atoms with E-state index in [2.05, 4.69) is 4.90 Å². The maximum Gasteiger partial charge on any atom is 0.335 e. The SMILES string of the molecule is Cl.O=C(O)c1ccc(CN2CCCC2)c(Cl)c1. The molecule has 3 nitrogen and oxygen atoms in total. The Morgan fingerprint density at radius 1 is 1.35 bits per heavy atom. The monoisotopic (exact) mass is 275 g/mol. The van der Waals surface area contributed by atoms with Crippen molar-refractivity contribution in [2.45, 2.75) is 19.4 Å². The number of nitrogens with zero attached hydrogens (tertiary/aromatic N) is 1. The third-order valence-electron chi connectivity index (χ3n) is 2.89. The smallest absolute Gasteiger partial charge is 0.335 e. The number of carbonyl (C=O) groups is 1. The normalized spacial score (nSPS) is 15.6. The highest BCUT2D eigenvalue weighted by molar-refractivity contribution is 6.31. The number of carboxylic acids is 1. The number of hydrogen-bond donors (Lipinski definition) is 1. The Kier molecular flexibility index (Phi) is 5.25. The van der Waals surface area contributed by atoms with E-state index in [4.69, 9.17) is 16.7 Å². The summed E-state index contributed by atoms with van der Waals surface area (Å²) in [7, 11) is 0. The van der Waals surface area contributed by atoms with Crippen LogP contribution >= 0.6 is 24.0 Å². The van der Waals surface area contributed by atoms with E-state index in [1.165, 1.54) is 18.9 Å². The maximum absolute atomic E-state index is 10.7. The van der Waals surface area contributed by atoms with E-state index < -0.39 is 5.97 Å². The molecule has 1 fully saturated rings. The van der Waals surface area contributed by atoms with Crippen molar-refractivity contribution >= 4 is 30.0 Å². The molecule has 17 heavy (non-hydrogen) atoms. The Morgan fingerprint density at radius 3 is 2.53 bits per heavy atom. The molecule has 0 aromatic heterocycles. The minimum atomic E-state index is -0.936. The van der Waals surface area contributed by atoms with Gasteiger partial charge in [0.05, 0.1) is 5.56 Å². The third kappa shape index (κ3) is 3.60. The summed E-state index contributed by atoms with van der Waals surface area (Å²) in [6.07, 6.45) is 2.48. The summed E-state index contributed by atoms with van der Waals surface area (Å²) < 4.78 is 0. The van der Waals surface area contributed by atoms with Crippen LogP contribution in [-0.4, -0.2) is 29.1 Å². The van der Waals surface area contributed by atoms with Gasteiger partial charge in [-0.05, 0) is 43.6 Å². The van der Waals surface area contributed by atoms with E-state index in [1.54, 1.807) is 6.07 Å². The van der Waals surface area contributed by atoms with Gasteiger partial charge in [0, 0.05) is 11.6 Å². The van der Waals surface area contributed by atoms with Crippen molar-refractivity contribution in [1.82, 2.24) is 4.90 Å². The van der Waals surface area contributed by atoms with Crippen LogP contribution in [-0.2, 0) is 6.54 Å². The summed E-state index contributed by atoms with van der Waals surface area (Å²) in [5.74, 6) is -0.936. The van der Waals surface area contributed by atoms with Crippen LogP contribution in [0, 0.1) is 0 Å². The lowest BCUT2D eigenvalue weighted by Crippen LogP contribution is -2.18. The molecular formula is C12H15Cl2NO2. The van der Waals surface area contributed by atoms with Gasteiger partial charge in [0.25, 0.3) is 0 Å². The third-order valence-corrected chi connectivity index (χ3v) is 3.24. The molecule has 0 radical (unpaired) electrons. The first-order valence-electron chi connectivity index (χ1n) is 5.41. The molecule has 2 rings (SSSR count). The average Bonchev–Trinajstić information content (AvgIpc) is 2.73. The molecule has 1 saturated heterocycles. The molecule has 0 aliphatic carbocycles. The Labute approximate surface area is 112 Å². The molecule has 1 aliphatic heterocycles. The summed E-state index contributed by atoms with van der Waals surface area (Å²) in [5, 5.41) is 9.36. The van der Waals surface area contributed by atoms with E-state index in [-0.39, 0.29) is 18.0 Å². The van der Waals surface area contributed by atoms with Gasteiger partial charge in [0.1, 0.15) is 0 Å². The summed E-state index contributed by atoms with van der Waals surface area (Å²) in [5.41, 5.74) is 1.25. The Balaban J connectivity index is 0.00000144. The fourth-order valence-electron chi connectivity index (χ4n) is 1.99. The van der Waals surface area contributed by atoms with Crippen molar-refractivity contribution in [1.29, 1.82) is 0 Å². The number of halogens is 2. The minimum Gasteiger partial charge on any atom is -0.478 e. The van der Waals surface area contributed by atoms with Gasteiger partial charge in [-0.1, -0.05) is 17.7 Å². The highest BCUT2D eigenvalue weighted by Crippen LogP contribution is 2.21. The first-order valence-corrected chi connectivity index (χ1v) is 5.78. The Hall–Kier alpha value is -0.770. The van der Waals surface area contributed by atoms with E-state index in [9.17, 15) is 4.79 Å². The number of likely N-dealkylation sites (tertiary alicyclic amines) is 1. The predicted octanol–water partition coefficient (Wildman–Crippen LogP) is 3.06. The molecule has 1 N–H and O–H groups in total. The number of carboxylic acid groups (broad SMARTS) is 1. The van der Waals surface area contributed by atoms with Crippen LogP contribution in [0.4, 0.5) is 0 Å². The first-order chi connectivity index (χ1) is 7.66. The molecule has 0 atom stereocenters. The van der Waals surface area contributed by atoms with Crippen molar-refractivity contribution in [2.75, 3.05) is 13.1 Å². The standard InChI is InChI=1S/C12H14ClNO2.ClH/c13-11-7-9(12(15)16)3-4-10(11)8-14-5-1-2-6-14;/h3-4,7H,1-2,5-6,8H2,(H,15,16);1H. The van der Waals surface area contributed by atoms with Crippen LogP contribution in [0.1, 0.15) is 28.8 Å². The quantitative estimate of drug-likeness (QED) is 0.922. The average molecular weight is 276 g/mol. The predicted molar refractivity (Wildman–Crippen MR) is 70.2 cm³/mol. The van der Waals surface area contributed by atoms with Crippen LogP contribution in [0.5, 0.6) is 0 Å². The summed E-state index contributed by atoms with van der Waals surface area (Å²) in [4.78, 5) is 13.1. The molecule has 1 aromatic rings. The van der Waals surface area contributed by atoms with Crippen LogP contribution < -0.4 is 0 Å². The molecule has 0 unspecified atom stereocenters. The lowest BCUT2D eigenvalue weighted by atomic mass is 10.1. The van der Waals surface area contributed by atoms with Crippen molar-refractivity contribution in [3.05, 3.63) is 34.3 Å².